The summed E-state index contributed by atoms with van der Waals surface area (Å²) in [6.07, 6.45) is 0. The Bertz CT molecular complexity index is 57.8. The summed E-state index contributed by atoms with van der Waals surface area (Å²) in [6, 6.07) is 0. The maximum atomic E-state index is 8.55. The van der Waals surface area contributed by atoms with Crippen molar-refractivity contribution in [3.8, 4) is 0 Å². The Morgan fingerprint density at radius 2 is 1.14 bits per heavy atom. The molecule has 0 unspecified atom stereocenters. The minimum absolute atomic E-state index is 0. The van der Waals surface area contributed by atoms with E-state index in [2.05, 4.69) is 0 Å². The SMILES string of the molecule is O=P([O-])([O-])[O-].[Ba+2].[Zn+2]. The van der Waals surface area contributed by atoms with E-state index in [1.165, 1.54) is 0 Å². The molecule has 0 spiro atoms. The van der Waals surface area contributed by atoms with Crippen LogP contribution in [-0.2, 0) is 24.0 Å². The quantitative estimate of drug-likeness (QED) is 0.348. The molecule has 0 aromatic rings. The summed E-state index contributed by atoms with van der Waals surface area (Å²) in [7, 11) is -5.39. The van der Waals surface area contributed by atoms with Gasteiger partial charge in [-0.1, -0.05) is 0 Å². The molecule has 0 bridgehead atoms. The molecule has 0 radical (unpaired) electrons. The topological polar surface area (TPSA) is 86.2 Å². The van der Waals surface area contributed by atoms with Gasteiger partial charge >= 0.3 is 68.4 Å². The van der Waals surface area contributed by atoms with Gasteiger partial charge in [0, 0.05) is 0 Å². The normalized spacial score (nSPS) is 8.43. The van der Waals surface area contributed by atoms with Crippen LogP contribution in [0.2, 0.25) is 0 Å². The summed E-state index contributed by atoms with van der Waals surface area (Å²) >= 11 is 0. The molecule has 0 amide bonds. The molecule has 0 N–H and O–H groups in total. The Labute approximate surface area is 93.8 Å². The average molecular weight is 298 g/mol. The first-order valence-corrected chi connectivity index (χ1v) is 2.19. The van der Waals surface area contributed by atoms with E-state index >= 15 is 0 Å². The van der Waals surface area contributed by atoms with Gasteiger partial charge in [0.25, 0.3) is 0 Å². The molecule has 0 heterocycles. The number of phosphoric acid groups is 1. The molecule has 0 aliphatic rings. The van der Waals surface area contributed by atoms with Crippen molar-refractivity contribution < 1.29 is 38.7 Å². The molecule has 0 saturated heterocycles. The fourth-order valence-corrected chi connectivity index (χ4v) is 0. The molecular formula is BaO4PZn+. The predicted octanol–water partition coefficient (Wildman–Crippen LogP) is -3.21. The summed E-state index contributed by atoms with van der Waals surface area (Å²) in [5.41, 5.74) is 0. The van der Waals surface area contributed by atoms with Gasteiger partial charge in [0.15, 0.2) is 0 Å². The molecular weight excluding hydrogens is 298 g/mol. The van der Waals surface area contributed by atoms with E-state index < -0.39 is 7.82 Å². The average Bonchev–Trinajstić information content (AvgIpc) is 0.722. The third-order valence-electron chi connectivity index (χ3n) is 0. The van der Waals surface area contributed by atoms with Gasteiger partial charge in [-0.05, 0) is 0 Å². The molecule has 0 aliphatic carbocycles. The van der Waals surface area contributed by atoms with Crippen molar-refractivity contribution in [3.63, 3.8) is 0 Å². The van der Waals surface area contributed by atoms with Crippen molar-refractivity contribution in [2.75, 3.05) is 0 Å². The second-order valence-corrected chi connectivity index (χ2v) is 1.34. The minimum Gasteiger partial charge on any atom is -0.822 e. The summed E-state index contributed by atoms with van der Waals surface area (Å²) in [5.74, 6) is 0. The van der Waals surface area contributed by atoms with Crippen LogP contribution in [0.1, 0.15) is 0 Å². The molecule has 7 heteroatoms. The summed E-state index contributed by atoms with van der Waals surface area (Å²) in [4.78, 5) is 25.6. The van der Waals surface area contributed by atoms with Gasteiger partial charge in [0.05, 0.1) is 0 Å². The zero-order valence-corrected chi connectivity index (χ0v) is 11.8. The monoisotopic (exact) mass is 297 g/mol. The Morgan fingerprint density at radius 1 is 1.14 bits per heavy atom. The smallest absolute Gasteiger partial charge is 0.822 e. The van der Waals surface area contributed by atoms with Gasteiger partial charge in [-0.25, -0.2) is 0 Å². The van der Waals surface area contributed by atoms with Crippen LogP contribution in [0.5, 0.6) is 0 Å². The molecule has 0 aromatic heterocycles. The van der Waals surface area contributed by atoms with Crippen LogP contribution in [0.4, 0.5) is 0 Å². The zero-order chi connectivity index (χ0) is 4.50. The number of rotatable bonds is 0. The molecule has 0 rings (SSSR count). The molecule has 32 valence electrons. The molecule has 4 nitrogen and oxygen atoms in total. The molecule has 0 aliphatic heterocycles. The summed E-state index contributed by atoms with van der Waals surface area (Å²) < 4.78 is 8.55. The Kier molecular flexibility index (Phi) is 14.8. The first-order chi connectivity index (χ1) is 2.00. The van der Waals surface area contributed by atoms with Crippen molar-refractivity contribution in [1.29, 1.82) is 0 Å². The van der Waals surface area contributed by atoms with E-state index in [1.54, 1.807) is 0 Å². The van der Waals surface area contributed by atoms with Gasteiger partial charge in [0.1, 0.15) is 0 Å². The fraction of sp³-hybridized carbons (Fsp3) is 0. The predicted molar refractivity (Wildman–Crippen MR) is 13.4 cm³/mol. The first-order valence-electron chi connectivity index (χ1n) is 0.730. The molecule has 0 atom stereocenters. The second-order valence-electron chi connectivity index (χ2n) is 0.447. The Morgan fingerprint density at radius 3 is 1.14 bits per heavy atom. The van der Waals surface area contributed by atoms with Gasteiger partial charge in [-0.2, -0.15) is 7.82 Å². The summed E-state index contributed by atoms with van der Waals surface area (Å²) in [5, 5.41) is 0. The van der Waals surface area contributed by atoms with Crippen molar-refractivity contribution in [2.45, 2.75) is 0 Å². The standard InChI is InChI=1S/Ba.H3O4P.Zn/c;1-5(2,3)4;/h;(H3,1,2,3,4);/q+2;;+2/p-3. The maximum Gasteiger partial charge on any atom is 2.00 e. The van der Waals surface area contributed by atoms with Crippen molar-refractivity contribution in [1.82, 2.24) is 0 Å². The van der Waals surface area contributed by atoms with E-state index in [-0.39, 0.29) is 68.4 Å². The Balaban J connectivity index is -0.0000000800. The van der Waals surface area contributed by atoms with E-state index in [1.807, 2.05) is 0 Å². The number of hydrogen-bond donors (Lipinski definition) is 0. The van der Waals surface area contributed by atoms with Crippen LogP contribution in [0.15, 0.2) is 0 Å². The maximum absolute atomic E-state index is 8.55. The largest absolute Gasteiger partial charge is 2.00 e. The molecule has 0 aromatic carbocycles. The van der Waals surface area contributed by atoms with Gasteiger partial charge in [-0.15, -0.1) is 0 Å². The van der Waals surface area contributed by atoms with Crippen molar-refractivity contribution in [2.24, 2.45) is 0 Å². The van der Waals surface area contributed by atoms with Gasteiger partial charge in [0.2, 0.25) is 0 Å². The third-order valence-corrected chi connectivity index (χ3v) is 0. The second kappa shape index (κ2) is 6.43. The third kappa shape index (κ3) is 62.1. The van der Waals surface area contributed by atoms with E-state index in [0.29, 0.717) is 0 Å². The zero-order valence-electron chi connectivity index (χ0n) is 3.49. The molecule has 7 heavy (non-hydrogen) atoms. The van der Waals surface area contributed by atoms with Gasteiger partial charge < -0.3 is 19.2 Å². The number of hydrogen-bond acceptors (Lipinski definition) is 4. The van der Waals surface area contributed by atoms with Crippen molar-refractivity contribution in [3.05, 3.63) is 0 Å². The van der Waals surface area contributed by atoms with Gasteiger partial charge in [-0.3, -0.25) is 0 Å². The Hall–Kier alpha value is 2.30. The molecule has 0 fully saturated rings. The van der Waals surface area contributed by atoms with Crippen LogP contribution in [0.3, 0.4) is 0 Å². The summed E-state index contributed by atoms with van der Waals surface area (Å²) in [6.45, 7) is 0. The van der Waals surface area contributed by atoms with Crippen LogP contribution in [-0.4, -0.2) is 48.9 Å². The van der Waals surface area contributed by atoms with Crippen LogP contribution in [0, 0.1) is 0 Å². The van der Waals surface area contributed by atoms with E-state index in [0.717, 1.165) is 0 Å². The van der Waals surface area contributed by atoms with E-state index in [9.17, 15) is 0 Å². The molecule has 0 saturated carbocycles. The van der Waals surface area contributed by atoms with Crippen LogP contribution >= 0.6 is 7.82 Å². The van der Waals surface area contributed by atoms with Crippen LogP contribution in [0.25, 0.3) is 0 Å². The first kappa shape index (κ1) is 16.1. The fourth-order valence-electron chi connectivity index (χ4n) is 0. The minimum atomic E-state index is -5.39. The van der Waals surface area contributed by atoms with Crippen molar-refractivity contribution >= 4 is 56.7 Å². The van der Waals surface area contributed by atoms with E-state index in [4.69, 9.17) is 19.2 Å². The van der Waals surface area contributed by atoms with Crippen LogP contribution < -0.4 is 14.7 Å².